The standard InChI is InChI=1S/C6H5NO4/c8-4-2-7-1-3(5(4)9)6(10)11/h1-2,8H,(H,7,9)(H,10,11). The summed E-state index contributed by atoms with van der Waals surface area (Å²) in [5.74, 6) is -1.95. The SMILES string of the molecule is O=C(O)c1c[nH]cc(O)c1=O. The molecule has 1 rings (SSSR count). The van der Waals surface area contributed by atoms with Crippen LogP contribution in [0, 0.1) is 0 Å². The second-order valence-corrected chi connectivity index (χ2v) is 1.89. The number of carbonyl (C=O) groups is 1. The summed E-state index contributed by atoms with van der Waals surface area (Å²) in [5.41, 5.74) is -1.35. The first kappa shape index (κ1) is 7.33. The molecule has 11 heavy (non-hydrogen) atoms. The zero-order valence-electron chi connectivity index (χ0n) is 5.37. The number of hydrogen-bond acceptors (Lipinski definition) is 3. The number of aromatic nitrogens is 1. The van der Waals surface area contributed by atoms with E-state index in [0.717, 1.165) is 12.4 Å². The second kappa shape index (κ2) is 2.45. The first-order chi connectivity index (χ1) is 5.13. The Morgan fingerprint density at radius 3 is 2.55 bits per heavy atom. The van der Waals surface area contributed by atoms with Gasteiger partial charge in [0.25, 0.3) is 0 Å². The summed E-state index contributed by atoms with van der Waals surface area (Å²) in [6.45, 7) is 0. The normalized spacial score (nSPS) is 9.45. The van der Waals surface area contributed by atoms with Gasteiger partial charge in [-0.25, -0.2) is 4.79 Å². The predicted molar refractivity (Wildman–Crippen MR) is 35.7 cm³/mol. The van der Waals surface area contributed by atoms with Crippen LogP contribution < -0.4 is 5.43 Å². The van der Waals surface area contributed by atoms with Crippen LogP contribution in [0.5, 0.6) is 5.75 Å². The Bertz CT molecular complexity index is 341. The van der Waals surface area contributed by atoms with Gasteiger partial charge >= 0.3 is 5.97 Å². The lowest BCUT2D eigenvalue weighted by molar-refractivity contribution is 0.0694. The minimum Gasteiger partial charge on any atom is -0.503 e. The van der Waals surface area contributed by atoms with Gasteiger partial charge in [0.15, 0.2) is 5.75 Å². The smallest absolute Gasteiger partial charge is 0.341 e. The molecule has 0 aliphatic heterocycles. The fraction of sp³-hybridized carbons (Fsp3) is 0. The molecule has 0 unspecified atom stereocenters. The van der Waals surface area contributed by atoms with E-state index in [9.17, 15) is 9.59 Å². The monoisotopic (exact) mass is 155 g/mol. The van der Waals surface area contributed by atoms with Gasteiger partial charge in [-0.05, 0) is 0 Å². The number of aromatic hydroxyl groups is 1. The Morgan fingerprint density at radius 2 is 2.09 bits per heavy atom. The molecule has 5 nitrogen and oxygen atoms in total. The number of rotatable bonds is 1. The van der Waals surface area contributed by atoms with E-state index in [2.05, 4.69) is 4.98 Å². The highest BCUT2D eigenvalue weighted by atomic mass is 16.4. The van der Waals surface area contributed by atoms with Crippen molar-refractivity contribution in [3.63, 3.8) is 0 Å². The highest BCUT2D eigenvalue weighted by Crippen LogP contribution is 1.98. The van der Waals surface area contributed by atoms with E-state index < -0.39 is 22.7 Å². The lowest BCUT2D eigenvalue weighted by Gasteiger charge is -1.92. The topological polar surface area (TPSA) is 90.4 Å². The molecule has 0 saturated carbocycles. The third kappa shape index (κ3) is 1.21. The minimum atomic E-state index is -1.36. The summed E-state index contributed by atoms with van der Waals surface area (Å²) in [6.07, 6.45) is 2.04. The van der Waals surface area contributed by atoms with Crippen LogP contribution in [0.1, 0.15) is 10.4 Å². The number of H-pyrrole nitrogens is 1. The molecule has 3 N–H and O–H groups in total. The van der Waals surface area contributed by atoms with Crippen LogP contribution in [0.2, 0.25) is 0 Å². The van der Waals surface area contributed by atoms with Crippen molar-refractivity contribution >= 4 is 5.97 Å². The number of carboxylic acid groups (broad SMARTS) is 1. The maximum atomic E-state index is 10.8. The van der Waals surface area contributed by atoms with Crippen molar-refractivity contribution < 1.29 is 15.0 Å². The van der Waals surface area contributed by atoms with E-state index in [-0.39, 0.29) is 0 Å². The molecule has 1 aromatic heterocycles. The highest BCUT2D eigenvalue weighted by Gasteiger charge is 2.09. The summed E-state index contributed by atoms with van der Waals surface area (Å²) in [7, 11) is 0. The molecular formula is C6H5NO4. The van der Waals surface area contributed by atoms with Gasteiger partial charge in [0, 0.05) is 12.4 Å². The molecule has 1 aromatic rings. The Balaban J connectivity index is 3.40. The molecule has 0 amide bonds. The number of pyridine rings is 1. The fourth-order valence-electron chi connectivity index (χ4n) is 0.632. The van der Waals surface area contributed by atoms with Crippen LogP contribution in [-0.2, 0) is 0 Å². The molecular weight excluding hydrogens is 150 g/mol. The van der Waals surface area contributed by atoms with Gasteiger partial charge in [-0.1, -0.05) is 0 Å². The lowest BCUT2D eigenvalue weighted by Crippen LogP contribution is -2.13. The molecule has 5 heteroatoms. The van der Waals surface area contributed by atoms with Crippen LogP contribution in [0.4, 0.5) is 0 Å². The predicted octanol–water partition coefficient (Wildman–Crippen LogP) is -0.221. The third-order valence-corrected chi connectivity index (χ3v) is 1.16. The molecule has 0 fully saturated rings. The number of nitrogens with one attached hydrogen (secondary N) is 1. The van der Waals surface area contributed by atoms with Crippen LogP contribution in [0.25, 0.3) is 0 Å². The Labute approximate surface area is 60.9 Å². The summed E-state index contributed by atoms with van der Waals surface area (Å²) in [5, 5.41) is 17.1. The van der Waals surface area contributed by atoms with E-state index in [1.54, 1.807) is 0 Å². The van der Waals surface area contributed by atoms with Crippen molar-refractivity contribution in [3.8, 4) is 5.75 Å². The van der Waals surface area contributed by atoms with Crippen molar-refractivity contribution in [1.29, 1.82) is 0 Å². The van der Waals surface area contributed by atoms with E-state index in [1.165, 1.54) is 0 Å². The van der Waals surface area contributed by atoms with Gasteiger partial charge in [-0.2, -0.15) is 0 Å². The molecule has 1 heterocycles. The Hall–Kier alpha value is -1.78. The summed E-state index contributed by atoms with van der Waals surface area (Å²) >= 11 is 0. The average molecular weight is 155 g/mol. The first-order valence-corrected chi connectivity index (χ1v) is 2.76. The Morgan fingerprint density at radius 1 is 1.45 bits per heavy atom. The van der Waals surface area contributed by atoms with Crippen molar-refractivity contribution in [1.82, 2.24) is 4.98 Å². The minimum absolute atomic E-state index is 0.468. The largest absolute Gasteiger partial charge is 0.503 e. The molecule has 0 saturated heterocycles. The molecule has 0 radical (unpaired) electrons. The Kier molecular flexibility index (Phi) is 1.63. The zero-order chi connectivity index (χ0) is 8.43. The zero-order valence-corrected chi connectivity index (χ0v) is 5.37. The molecule has 0 bridgehead atoms. The van der Waals surface area contributed by atoms with Crippen molar-refractivity contribution in [2.24, 2.45) is 0 Å². The van der Waals surface area contributed by atoms with Gasteiger partial charge in [-0.15, -0.1) is 0 Å². The van der Waals surface area contributed by atoms with Crippen molar-refractivity contribution in [2.75, 3.05) is 0 Å². The van der Waals surface area contributed by atoms with E-state index in [4.69, 9.17) is 10.2 Å². The van der Waals surface area contributed by atoms with Crippen LogP contribution in [-0.4, -0.2) is 21.2 Å². The molecule has 0 aliphatic carbocycles. The summed E-state index contributed by atoms with van der Waals surface area (Å²) < 4.78 is 0. The average Bonchev–Trinajstić information content (AvgIpc) is 1.94. The van der Waals surface area contributed by atoms with E-state index in [1.807, 2.05) is 0 Å². The van der Waals surface area contributed by atoms with Gasteiger partial charge < -0.3 is 15.2 Å². The van der Waals surface area contributed by atoms with E-state index in [0.29, 0.717) is 0 Å². The molecule has 0 spiro atoms. The fourth-order valence-corrected chi connectivity index (χ4v) is 0.632. The molecule has 58 valence electrons. The number of carboxylic acids is 1. The maximum absolute atomic E-state index is 10.8. The summed E-state index contributed by atoms with van der Waals surface area (Å²) in [6, 6.07) is 0. The van der Waals surface area contributed by atoms with Gasteiger partial charge in [0.05, 0.1) is 0 Å². The summed E-state index contributed by atoms with van der Waals surface area (Å²) in [4.78, 5) is 23.3. The highest BCUT2D eigenvalue weighted by molar-refractivity contribution is 5.87. The van der Waals surface area contributed by atoms with Crippen LogP contribution in [0.15, 0.2) is 17.2 Å². The van der Waals surface area contributed by atoms with Gasteiger partial charge in [-0.3, -0.25) is 4.79 Å². The third-order valence-electron chi connectivity index (χ3n) is 1.16. The number of hydrogen-bond donors (Lipinski definition) is 3. The van der Waals surface area contributed by atoms with Crippen molar-refractivity contribution in [3.05, 3.63) is 28.2 Å². The quantitative estimate of drug-likeness (QED) is 0.522. The van der Waals surface area contributed by atoms with Crippen LogP contribution >= 0.6 is 0 Å². The molecule has 0 atom stereocenters. The number of aromatic amines is 1. The first-order valence-electron chi connectivity index (χ1n) is 2.76. The van der Waals surface area contributed by atoms with Gasteiger partial charge in [0.2, 0.25) is 5.43 Å². The van der Waals surface area contributed by atoms with Crippen LogP contribution in [0.3, 0.4) is 0 Å². The maximum Gasteiger partial charge on any atom is 0.341 e. The molecule has 0 aliphatic rings. The molecule has 0 aromatic carbocycles. The lowest BCUT2D eigenvalue weighted by atomic mass is 10.3. The van der Waals surface area contributed by atoms with Gasteiger partial charge in [0.1, 0.15) is 5.56 Å². The van der Waals surface area contributed by atoms with E-state index >= 15 is 0 Å². The van der Waals surface area contributed by atoms with Crippen molar-refractivity contribution in [2.45, 2.75) is 0 Å². The number of aromatic carboxylic acids is 1. The second-order valence-electron chi connectivity index (χ2n) is 1.89.